The molecule has 1 aliphatic rings. The third kappa shape index (κ3) is 3.25. The molecule has 1 nitrogen and oxygen atoms in total. The molecule has 0 spiro atoms. The first-order valence-electron chi connectivity index (χ1n) is 8.82. The van der Waals surface area contributed by atoms with Gasteiger partial charge in [0, 0.05) is 12.0 Å². The van der Waals surface area contributed by atoms with Gasteiger partial charge in [0.15, 0.2) is 0 Å². The van der Waals surface area contributed by atoms with E-state index in [4.69, 9.17) is 0 Å². The zero-order valence-electron chi connectivity index (χ0n) is 15.6. The minimum absolute atomic E-state index is 0.160. The van der Waals surface area contributed by atoms with Crippen molar-refractivity contribution in [1.82, 2.24) is 0 Å². The largest absolute Gasteiger partial charge is 0.396 e. The summed E-state index contributed by atoms with van der Waals surface area (Å²) >= 11 is 0. The molecular formula is C21H34O. The SMILES string of the molecule is CCC[C@]1(c2cc(C(C)(C)C)cc(C(C)(C)C)c2)C[C@H]1CO. The summed E-state index contributed by atoms with van der Waals surface area (Å²) in [6, 6.07) is 7.22. The van der Waals surface area contributed by atoms with Crippen LogP contribution in [0, 0.1) is 5.92 Å². The Bertz CT molecular complexity index is 498. The van der Waals surface area contributed by atoms with E-state index in [1.54, 1.807) is 0 Å². The first kappa shape index (κ1) is 17.5. The van der Waals surface area contributed by atoms with Gasteiger partial charge in [0.25, 0.3) is 0 Å². The number of hydrogen-bond donors (Lipinski definition) is 1. The van der Waals surface area contributed by atoms with Gasteiger partial charge in [0.05, 0.1) is 0 Å². The quantitative estimate of drug-likeness (QED) is 0.797. The van der Waals surface area contributed by atoms with Gasteiger partial charge in [-0.05, 0) is 46.3 Å². The molecule has 22 heavy (non-hydrogen) atoms. The molecule has 1 aromatic carbocycles. The second kappa shape index (κ2) is 5.67. The zero-order chi connectivity index (χ0) is 16.8. The molecule has 2 atom stereocenters. The number of aliphatic hydroxyl groups excluding tert-OH is 1. The van der Waals surface area contributed by atoms with Crippen LogP contribution in [0.1, 0.15) is 84.4 Å². The standard InChI is InChI=1S/C21H34O/c1-8-9-21(13-18(21)14-22)17-11-15(19(2,3)4)10-16(12-17)20(5,6)7/h10-12,18,22H,8-9,13-14H2,1-7H3/t18-,21+/m0/s1. The summed E-state index contributed by atoms with van der Waals surface area (Å²) in [4.78, 5) is 0. The van der Waals surface area contributed by atoms with Crippen molar-refractivity contribution in [2.45, 2.75) is 84.0 Å². The molecule has 0 aromatic heterocycles. The van der Waals surface area contributed by atoms with Crippen LogP contribution in [-0.2, 0) is 16.2 Å². The number of rotatable bonds is 4. The Morgan fingerprint density at radius 3 is 1.82 bits per heavy atom. The van der Waals surface area contributed by atoms with Crippen LogP contribution in [0.2, 0.25) is 0 Å². The monoisotopic (exact) mass is 302 g/mol. The maximum absolute atomic E-state index is 9.69. The second-order valence-corrected chi connectivity index (χ2v) is 9.29. The van der Waals surface area contributed by atoms with E-state index in [9.17, 15) is 5.11 Å². The molecule has 1 aliphatic carbocycles. The molecule has 1 fully saturated rings. The van der Waals surface area contributed by atoms with Crippen molar-refractivity contribution in [3.63, 3.8) is 0 Å². The van der Waals surface area contributed by atoms with Crippen LogP contribution in [0.25, 0.3) is 0 Å². The minimum Gasteiger partial charge on any atom is -0.396 e. The van der Waals surface area contributed by atoms with Crippen LogP contribution in [0.3, 0.4) is 0 Å². The molecule has 0 radical (unpaired) electrons. The fourth-order valence-corrected chi connectivity index (χ4v) is 3.65. The van der Waals surface area contributed by atoms with Crippen molar-refractivity contribution in [3.8, 4) is 0 Å². The molecule has 1 N–H and O–H groups in total. The summed E-state index contributed by atoms with van der Waals surface area (Å²) in [7, 11) is 0. The van der Waals surface area contributed by atoms with Crippen molar-refractivity contribution < 1.29 is 5.11 Å². The van der Waals surface area contributed by atoms with Gasteiger partial charge in [-0.15, -0.1) is 0 Å². The van der Waals surface area contributed by atoms with Crippen LogP contribution in [0.15, 0.2) is 18.2 Å². The zero-order valence-corrected chi connectivity index (χ0v) is 15.6. The van der Waals surface area contributed by atoms with Gasteiger partial charge in [-0.1, -0.05) is 73.1 Å². The van der Waals surface area contributed by atoms with Crippen LogP contribution in [0.5, 0.6) is 0 Å². The highest BCUT2D eigenvalue weighted by Gasteiger charge is 2.54. The van der Waals surface area contributed by atoms with E-state index in [1.165, 1.54) is 29.5 Å². The third-order valence-corrected chi connectivity index (χ3v) is 5.39. The van der Waals surface area contributed by atoms with E-state index in [0.717, 1.165) is 6.42 Å². The predicted molar refractivity (Wildman–Crippen MR) is 95.6 cm³/mol. The molecule has 1 heteroatoms. The summed E-state index contributed by atoms with van der Waals surface area (Å²) in [5.74, 6) is 0.454. The Morgan fingerprint density at radius 1 is 1.00 bits per heavy atom. The lowest BCUT2D eigenvalue weighted by Gasteiger charge is -2.29. The van der Waals surface area contributed by atoms with Crippen LogP contribution < -0.4 is 0 Å². The number of benzene rings is 1. The highest BCUT2D eigenvalue weighted by Crippen LogP contribution is 2.57. The van der Waals surface area contributed by atoms with E-state index in [2.05, 4.69) is 66.7 Å². The molecule has 0 amide bonds. The summed E-state index contributed by atoms with van der Waals surface area (Å²) in [6.45, 7) is 16.3. The molecule has 0 saturated heterocycles. The number of hydrogen-bond acceptors (Lipinski definition) is 1. The lowest BCUT2D eigenvalue weighted by atomic mass is 9.76. The fourth-order valence-electron chi connectivity index (χ4n) is 3.65. The molecule has 2 rings (SSSR count). The Balaban J connectivity index is 2.56. The molecular weight excluding hydrogens is 268 g/mol. The fraction of sp³-hybridized carbons (Fsp3) is 0.714. The van der Waals surface area contributed by atoms with Gasteiger partial charge in [-0.3, -0.25) is 0 Å². The summed E-state index contributed by atoms with van der Waals surface area (Å²) in [5.41, 5.74) is 4.86. The Morgan fingerprint density at radius 2 is 1.50 bits per heavy atom. The van der Waals surface area contributed by atoms with Gasteiger partial charge in [-0.25, -0.2) is 0 Å². The summed E-state index contributed by atoms with van der Waals surface area (Å²) in [6.07, 6.45) is 3.52. The van der Waals surface area contributed by atoms with Crippen molar-refractivity contribution in [1.29, 1.82) is 0 Å². The van der Waals surface area contributed by atoms with Gasteiger partial charge < -0.3 is 5.11 Å². The first-order valence-corrected chi connectivity index (χ1v) is 8.82. The van der Waals surface area contributed by atoms with Crippen molar-refractivity contribution in [2.75, 3.05) is 6.61 Å². The highest BCUT2D eigenvalue weighted by molar-refractivity contribution is 5.44. The maximum atomic E-state index is 9.69. The second-order valence-electron chi connectivity index (χ2n) is 9.29. The smallest absolute Gasteiger partial charge is 0.0468 e. The Hall–Kier alpha value is -0.820. The van der Waals surface area contributed by atoms with Crippen LogP contribution in [0.4, 0.5) is 0 Å². The van der Waals surface area contributed by atoms with Gasteiger partial charge in [-0.2, -0.15) is 0 Å². The maximum Gasteiger partial charge on any atom is 0.0468 e. The topological polar surface area (TPSA) is 20.2 Å². The van der Waals surface area contributed by atoms with E-state index in [1.807, 2.05) is 0 Å². The molecule has 124 valence electrons. The normalized spacial score (nSPS) is 25.4. The molecule has 0 aliphatic heterocycles. The molecule has 0 bridgehead atoms. The van der Waals surface area contributed by atoms with E-state index in [-0.39, 0.29) is 16.2 Å². The van der Waals surface area contributed by atoms with Gasteiger partial charge in [0.2, 0.25) is 0 Å². The lowest BCUT2D eigenvalue weighted by Crippen LogP contribution is -2.20. The molecule has 0 heterocycles. The van der Waals surface area contributed by atoms with E-state index < -0.39 is 0 Å². The van der Waals surface area contributed by atoms with Crippen molar-refractivity contribution in [2.24, 2.45) is 5.92 Å². The summed E-state index contributed by atoms with van der Waals surface area (Å²) in [5, 5.41) is 9.69. The highest BCUT2D eigenvalue weighted by atomic mass is 16.3. The average Bonchev–Trinajstić information content (AvgIpc) is 3.11. The minimum atomic E-state index is 0.160. The Labute approximate surface area is 137 Å². The molecule has 1 aromatic rings. The molecule has 1 saturated carbocycles. The van der Waals surface area contributed by atoms with E-state index >= 15 is 0 Å². The predicted octanol–water partition coefficient (Wildman–Crippen LogP) is 5.33. The van der Waals surface area contributed by atoms with Gasteiger partial charge in [0.1, 0.15) is 0 Å². The van der Waals surface area contributed by atoms with Gasteiger partial charge >= 0.3 is 0 Å². The Kier molecular flexibility index (Phi) is 4.52. The lowest BCUT2D eigenvalue weighted by molar-refractivity contribution is 0.261. The molecule has 0 unspecified atom stereocenters. The number of aliphatic hydroxyl groups is 1. The van der Waals surface area contributed by atoms with E-state index in [0.29, 0.717) is 12.5 Å². The van der Waals surface area contributed by atoms with Crippen molar-refractivity contribution >= 4 is 0 Å². The summed E-state index contributed by atoms with van der Waals surface area (Å²) < 4.78 is 0. The first-order chi connectivity index (χ1) is 10.0. The van der Waals surface area contributed by atoms with Crippen LogP contribution >= 0.6 is 0 Å². The van der Waals surface area contributed by atoms with Crippen molar-refractivity contribution in [3.05, 3.63) is 34.9 Å². The van der Waals surface area contributed by atoms with Crippen LogP contribution in [-0.4, -0.2) is 11.7 Å². The average molecular weight is 303 g/mol. The third-order valence-electron chi connectivity index (χ3n) is 5.39.